The molecule has 1 saturated heterocycles. The van der Waals surface area contributed by atoms with Gasteiger partial charge in [-0.1, -0.05) is 29.8 Å². The highest BCUT2D eigenvalue weighted by atomic mass is 35.5. The zero-order valence-corrected chi connectivity index (χ0v) is 17.1. The first-order valence-electron chi connectivity index (χ1n) is 8.75. The average Bonchev–Trinajstić information content (AvgIpc) is 2.90. The molecule has 0 saturated carbocycles. The van der Waals surface area contributed by atoms with Crippen LogP contribution in [0, 0.1) is 0 Å². The lowest BCUT2D eigenvalue weighted by molar-refractivity contribution is 0.170. The summed E-state index contributed by atoms with van der Waals surface area (Å²) in [6, 6.07) is 11.8. The summed E-state index contributed by atoms with van der Waals surface area (Å²) < 4.78 is 33.3. The molecule has 8 heteroatoms. The van der Waals surface area contributed by atoms with Gasteiger partial charge >= 0.3 is 0 Å². The molecule has 0 aliphatic carbocycles. The normalized spacial score (nSPS) is 22.4. The Labute approximate surface area is 169 Å². The average molecular weight is 427 g/mol. The number of rotatable bonds is 5. The molecule has 1 fully saturated rings. The van der Waals surface area contributed by atoms with Crippen LogP contribution < -0.4 is 9.04 Å². The van der Waals surface area contributed by atoms with Crippen LogP contribution in [0.3, 0.4) is 0 Å². The van der Waals surface area contributed by atoms with E-state index in [0.717, 1.165) is 30.6 Å². The summed E-state index contributed by atoms with van der Waals surface area (Å²) >= 11 is 13.2. The lowest BCUT2D eigenvalue weighted by Gasteiger charge is -2.32. The molecule has 0 spiro atoms. The molecule has 2 aliphatic rings. The summed E-state index contributed by atoms with van der Waals surface area (Å²) in [4.78, 5) is 2.46. The van der Waals surface area contributed by atoms with Crippen LogP contribution in [0.2, 0.25) is 0 Å². The minimum Gasteiger partial charge on any atom is -0.496 e. The second-order valence-electron chi connectivity index (χ2n) is 6.70. The van der Waals surface area contributed by atoms with E-state index < -0.39 is 20.9 Å². The first-order valence-corrected chi connectivity index (χ1v) is 11.1. The molecule has 2 aromatic rings. The molecule has 2 atom stereocenters. The molecule has 0 aromatic heterocycles. The predicted octanol–water partition coefficient (Wildman–Crippen LogP) is 3.95. The monoisotopic (exact) mass is 426 g/mol. The van der Waals surface area contributed by atoms with Gasteiger partial charge in [0.05, 0.1) is 23.1 Å². The molecule has 144 valence electrons. The molecule has 2 aliphatic heterocycles. The van der Waals surface area contributed by atoms with E-state index in [1.807, 2.05) is 0 Å². The third-order valence-electron chi connectivity index (χ3n) is 5.12. The van der Waals surface area contributed by atoms with Crippen LogP contribution in [-0.4, -0.2) is 39.0 Å². The van der Waals surface area contributed by atoms with E-state index >= 15 is 0 Å². The number of fused-ring (bicyclic) bond motifs is 1. The number of hydrogen-bond donors (Lipinski definition) is 0. The highest BCUT2D eigenvalue weighted by Crippen LogP contribution is 2.51. The fourth-order valence-electron chi connectivity index (χ4n) is 3.61. The number of nitrogens with zero attached hydrogens (tertiary/aromatic N) is 2. The van der Waals surface area contributed by atoms with Gasteiger partial charge in [0.1, 0.15) is 11.3 Å². The number of alkyl halides is 2. The minimum atomic E-state index is -3.83. The number of halogens is 2. The van der Waals surface area contributed by atoms with Gasteiger partial charge in [-0.2, -0.15) is 0 Å². The van der Waals surface area contributed by atoms with Crippen molar-refractivity contribution >= 4 is 38.9 Å². The molecule has 0 bridgehead atoms. The number of benzene rings is 2. The van der Waals surface area contributed by atoms with Crippen LogP contribution in [0.4, 0.5) is 5.69 Å². The first kappa shape index (κ1) is 18.9. The molecule has 0 N–H and O–H groups in total. The second-order valence-corrected chi connectivity index (χ2v) is 9.43. The maximum Gasteiger partial charge on any atom is 0.265 e. The molecule has 4 rings (SSSR count). The molecular weight excluding hydrogens is 407 g/mol. The van der Waals surface area contributed by atoms with Crippen molar-refractivity contribution in [3.8, 4) is 5.75 Å². The largest absolute Gasteiger partial charge is 0.496 e. The first-order chi connectivity index (χ1) is 12.9. The van der Waals surface area contributed by atoms with Gasteiger partial charge in [0.25, 0.3) is 10.0 Å². The van der Waals surface area contributed by atoms with Gasteiger partial charge in [-0.25, -0.2) is 12.7 Å². The molecular formula is C19H20Cl2N2O3S. The van der Waals surface area contributed by atoms with E-state index in [1.54, 1.807) is 49.6 Å². The van der Waals surface area contributed by atoms with Crippen molar-refractivity contribution in [3.05, 3.63) is 53.6 Å². The Bertz CT molecular complexity index is 949. The Morgan fingerprint density at radius 1 is 1.11 bits per heavy atom. The Morgan fingerprint density at radius 2 is 1.81 bits per heavy atom. The van der Waals surface area contributed by atoms with E-state index in [-0.39, 0.29) is 4.90 Å². The fourth-order valence-corrected chi connectivity index (χ4v) is 6.11. The van der Waals surface area contributed by atoms with Gasteiger partial charge in [0, 0.05) is 17.7 Å². The quantitative estimate of drug-likeness (QED) is 0.536. The fraction of sp³-hybridized carbons (Fsp3) is 0.368. The van der Waals surface area contributed by atoms with Crippen LogP contribution in [0.15, 0.2) is 47.4 Å². The minimum absolute atomic E-state index is 0.187. The van der Waals surface area contributed by atoms with Crippen LogP contribution >= 0.6 is 23.2 Å². The van der Waals surface area contributed by atoms with Gasteiger partial charge < -0.3 is 4.74 Å². The predicted molar refractivity (Wildman–Crippen MR) is 107 cm³/mol. The summed E-state index contributed by atoms with van der Waals surface area (Å²) in [6.45, 7) is 2.69. The molecule has 2 aromatic carbocycles. The van der Waals surface area contributed by atoms with Crippen LogP contribution in [-0.2, 0) is 16.6 Å². The van der Waals surface area contributed by atoms with E-state index in [1.165, 1.54) is 4.31 Å². The van der Waals surface area contributed by atoms with Gasteiger partial charge in [0.2, 0.25) is 0 Å². The lowest BCUT2D eigenvalue weighted by atomic mass is 10.0. The van der Waals surface area contributed by atoms with E-state index in [2.05, 4.69) is 4.90 Å². The Kier molecular flexibility index (Phi) is 5.01. The zero-order chi connectivity index (χ0) is 19.2. The van der Waals surface area contributed by atoms with Crippen LogP contribution in [0.1, 0.15) is 22.9 Å². The highest BCUT2D eigenvalue weighted by Gasteiger charge is 2.45. The molecule has 27 heavy (non-hydrogen) atoms. The number of anilines is 1. The Balaban J connectivity index is 1.84. The molecule has 0 amide bonds. The molecule has 2 heterocycles. The summed E-state index contributed by atoms with van der Waals surface area (Å²) in [5, 5.41) is -0.661. The van der Waals surface area contributed by atoms with Gasteiger partial charge in [-0.3, -0.25) is 4.90 Å². The van der Waals surface area contributed by atoms with E-state index in [4.69, 9.17) is 27.9 Å². The third-order valence-corrected chi connectivity index (χ3v) is 8.08. The zero-order valence-electron chi connectivity index (χ0n) is 14.8. The number of methoxy groups -OCH3 is 1. The molecule has 5 nitrogen and oxygen atoms in total. The maximum atomic E-state index is 13.2. The number of ether oxygens (including phenoxy) is 1. The van der Waals surface area contributed by atoms with Crippen LogP contribution in [0.5, 0.6) is 5.75 Å². The third kappa shape index (κ3) is 3.09. The van der Waals surface area contributed by atoms with Crippen LogP contribution in [0.25, 0.3) is 0 Å². The Hall–Kier alpha value is -1.47. The summed E-state index contributed by atoms with van der Waals surface area (Å²) in [6.07, 6.45) is 1.16. The summed E-state index contributed by atoms with van der Waals surface area (Å²) in [5.41, 5.74) is 1.26. The van der Waals surface area contributed by atoms with Crippen molar-refractivity contribution in [2.75, 3.05) is 24.5 Å². The van der Waals surface area contributed by atoms with Crippen molar-refractivity contribution in [1.82, 2.24) is 4.90 Å². The van der Waals surface area contributed by atoms with Crippen molar-refractivity contribution in [3.63, 3.8) is 0 Å². The van der Waals surface area contributed by atoms with E-state index in [0.29, 0.717) is 18.0 Å². The summed E-state index contributed by atoms with van der Waals surface area (Å²) in [5.74, 6) is 0.703. The molecule has 2 unspecified atom stereocenters. The number of likely N-dealkylation sites (tertiary alicyclic amines) is 1. The van der Waals surface area contributed by atoms with Crippen molar-refractivity contribution in [1.29, 1.82) is 0 Å². The van der Waals surface area contributed by atoms with Crippen molar-refractivity contribution < 1.29 is 13.2 Å². The smallest absolute Gasteiger partial charge is 0.265 e. The highest BCUT2D eigenvalue weighted by molar-refractivity contribution is 7.93. The van der Waals surface area contributed by atoms with Crippen molar-refractivity contribution in [2.45, 2.75) is 28.7 Å². The molecule has 0 radical (unpaired) electrons. The van der Waals surface area contributed by atoms with Crippen molar-refractivity contribution in [2.24, 2.45) is 0 Å². The number of sulfonamides is 1. The van der Waals surface area contributed by atoms with E-state index in [9.17, 15) is 8.42 Å². The maximum absolute atomic E-state index is 13.2. The lowest BCUT2D eigenvalue weighted by Crippen LogP contribution is -2.36. The second kappa shape index (κ2) is 7.17. The topological polar surface area (TPSA) is 49.9 Å². The Morgan fingerprint density at radius 3 is 2.41 bits per heavy atom. The number of hydrogen-bond acceptors (Lipinski definition) is 4. The summed E-state index contributed by atoms with van der Waals surface area (Å²) in [7, 11) is -2.22. The standard InChI is InChI=1S/C19H20Cl2N2O3S/c1-26-16-9-8-15-17(14(16)12-22-10-5-11-22)18(20)19(21)23(15)27(24,25)13-6-3-2-4-7-13/h2-4,6-9,18-19H,5,10-12H2,1H3. The van der Waals surface area contributed by atoms with Gasteiger partial charge in [-0.05, 0) is 43.8 Å². The SMILES string of the molecule is COc1ccc2c(c1CN1CCC1)C(Cl)C(Cl)N2S(=O)(=O)c1ccccc1. The van der Waals surface area contributed by atoms with Gasteiger partial charge in [0.15, 0.2) is 0 Å². The van der Waals surface area contributed by atoms with Gasteiger partial charge in [-0.15, -0.1) is 11.6 Å².